The highest BCUT2D eigenvalue weighted by Crippen LogP contribution is 2.24. The van der Waals surface area contributed by atoms with E-state index in [0.717, 1.165) is 22.3 Å². The zero-order valence-corrected chi connectivity index (χ0v) is 14.3. The van der Waals surface area contributed by atoms with Crippen molar-refractivity contribution in [1.82, 2.24) is 10.3 Å². The summed E-state index contributed by atoms with van der Waals surface area (Å²) in [5.41, 5.74) is 3.97. The molecule has 124 valence electrons. The summed E-state index contributed by atoms with van der Waals surface area (Å²) in [7, 11) is 0. The Labute approximate surface area is 144 Å². The van der Waals surface area contributed by atoms with Crippen LogP contribution in [0, 0.1) is 18.6 Å². The molecule has 1 unspecified atom stereocenters. The fraction of sp³-hybridized carbons (Fsp3) is 0.211. The summed E-state index contributed by atoms with van der Waals surface area (Å²) in [6.07, 6.45) is 0. The molecule has 0 aliphatic rings. The molecule has 0 saturated carbocycles. The maximum Gasteiger partial charge on any atom is 0.159 e. The van der Waals surface area contributed by atoms with Crippen LogP contribution in [0.4, 0.5) is 8.78 Å². The van der Waals surface area contributed by atoms with Crippen LogP contribution in [-0.4, -0.2) is 4.98 Å². The highest BCUT2D eigenvalue weighted by Gasteiger charge is 2.10. The third kappa shape index (κ3) is 3.86. The van der Waals surface area contributed by atoms with Crippen molar-refractivity contribution in [3.05, 3.63) is 76.3 Å². The van der Waals surface area contributed by atoms with Crippen molar-refractivity contribution in [1.29, 1.82) is 0 Å². The lowest BCUT2D eigenvalue weighted by molar-refractivity contribution is 0.500. The summed E-state index contributed by atoms with van der Waals surface area (Å²) in [6, 6.07) is 12.1. The molecular formula is C19H18F2N2S. The van der Waals surface area contributed by atoms with E-state index in [4.69, 9.17) is 0 Å². The minimum absolute atomic E-state index is 0.0929. The molecule has 2 aromatic carbocycles. The van der Waals surface area contributed by atoms with E-state index < -0.39 is 11.6 Å². The second-order valence-electron chi connectivity index (χ2n) is 5.79. The highest BCUT2D eigenvalue weighted by molar-refractivity contribution is 7.13. The lowest BCUT2D eigenvalue weighted by atomic mass is 10.1. The Hall–Kier alpha value is -2.11. The van der Waals surface area contributed by atoms with Crippen molar-refractivity contribution in [3.8, 4) is 10.6 Å². The molecule has 1 N–H and O–H groups in total. The molecule has 0 bridgehead atoms. The molecule has 5 heteroatoms. The van der Waals surface area contributed by atoms with Gasteiger partial charge in [-0.25, -0.2) is 13.8 Å². The first kappa shape index (κ1) is 16.7. The Morgan fingerprint density at radius 2 is 1.83 bits per heavy atom. The van der Waals surface area contributed by atoms with Crippen LogP contribution in [-0.2, 0) is 6.54 Å². The van der Waals surface area contributed by atoms with Gasteiger partial charge in [0.2, 0.25) is 0 Å². The molecule has 2 nitrogen and oxygen atoms in total. The van der Waals surface area contributed by atoms with Crippen molar-refractivity contribution in [2.75, 3.05) is 0 Å². The lowest BCUT2D eigenvalue weighted by Gasteiger charge is -2.13. The molecule has 0 aliphatic carbocycles. The Morgan fingerprint density at radius 1 is 1.08 bits per heavy atom. The molecule has 3 rings (SSSR count). The fourth-order valence-electron chi connectivity index (χ4n) is 2.37. The van der Waals surface area contributed by atoms with Crippen LogP contribution >= 0.6 is 11.3 Å². The van der Waals surface area contributed by atoms with Crippen LogP contribution in [0.1, 0.15) is 29.8 Å². The van der Waals surface area contributed by atoms with Crippen LogP contribution in [0.15, 0.2) is 47.8 Å². The molecular weight excluding hydrogens is 326 g/mol. The molecule has 0 spiro atoms. The summed E-state index contributed by atoms with van der Waals surface area (Å²) in [5, 5.41) is 6.28. The topological polar surface area (TPSA) is 24.9 Å². The SMILES string of the molecule is Cc1ccc(-c2nc(CNC(C)c3ccc(F)c(F)c3)cs2)cc1. The molecule has 0 fully saturated rings. The van der Waals surface area contributed by atoms with Crippen LogP contribution in [0.25, 0.3) is 10.6 Å². The summed E-state index contributed by atoms with van der Waals surface area (Å²) in [6.45, 7) is 4.54. The molecule has 3 aromatic rings. The standard InChI is InChI=1S/C19H18F2N2S/c1-12-3-5-14(6-4-12)19-23-16(11-24-19)10-22-13(2)15-7-8-17(20)18(21)9-15/h3-9,11,13,22H,10H2,1-2H3. The molecule has 1 atom stereocenters. The fourth-order valence-corrected chi connectivity index (χ4v) is 3.20. The van der Waals surface area contributed by atoms with E-state index >= 15 is 0 Å². The predicted molar refractivity (Wildman–Crippen MR) is 93.9 cm³/mol. The first-order valence-electron chi connectivity index (χ1n) is 7.72. The van der Waals surface area contributed by atoms with Crippen molar-refractivity contribution in [3.63, 3.8) is 0 Å². The van der Waals surface area contributed by atoms with E-state index in [0.29, 0.717) is 12.1 Å². The first-order chi connectivity index (χ1) is 11.5. The monoisotopic (exact) mass is 344 g/mol. The number of thiazole rings is 1. The van der Waals surface area contributed by atoms with E-state index in [1.54, 1.807) is 17.4 Å². The summed E-state index contributed by atoms with van der Waals surface area (Å²) < 4.78 is 26.3. The van der Waals surface area contributed by atoms with Gasteiger partial charge in [-0.1, -0.05) is 35.9 Å². The molecule has 1 aromatic heterocycles. The minimum Gasteiger partial charge on any atom is -0.305 e. The Bertz CT molecular complexity index is 828. The first-order valence-corrected chi connectivity index (χ1v) is 8.60. The van der Waals surface area contributed by atoms with Crippen LogP contribution in [0.2, 0.25) is 0 Å². The Morgan fingerprint density at radius 3 is 2.54 bits per heavy atom. The van der Waals surface area contributed by atoms with Gasteiger partial charge < -0.3 is 5.32 Å². The number of nitrogens with one attached hydrogen (secondary N) is 1. The third-order valence-corrected chi connectivity index (χ3v) is 4.82. The minimum atomic E-state index is -0.826. The van der Waals surface area contributed by atoms with E-state index in [1.807, 2.05) is 12.3 Å². The van der Waals surface area contributed by atoms with Crippen molar-refractivity contribution < 1.29 is 8.78 Å². The second kappa shape index (κ2) is 7.20. The Balaban J connectivity index is 1.64. The number of aromatic nitrogens is 1. The largest absolute Gasteiger partial charge is 0.305 e. The molecule has 24 heavy (non-hydrogen) atoms. The molecule has 0 radical (unpaired) electrons. The number of halogens is 2. The van der Waals surface area contributed by atoms with Gasteiger partial charge in [0.25, 0.3) is 0 Å². The summed E-state index contributed by atoms with van der Waals surface area (Å²) in [4.78, 5) is 4.63. The smallest absolute Gasteiger partial charge is 0.159 e. The number of nitrogens with zero attached hydrogens (tertiary/aromatic N) is 1. The van der Waals surface area contributed by atoms with Gasteiger partial charge in [-0.15, -0.1) is 11.3 Å². The van der Waals surface area contributed by atoms with E-state index in [2.05, 4.69) is 41.5 Å². The van der Waals surface area contributed by atoms with Gasteiger partial charge in [-0.05, 0) is 31.5 Å². The van der Waals surface area contributed by atoms with Crippen molar-refractivity contribution in [2.45, 2.75) is 26.4 Å². The van der Waals surface area contributed by atoms with E-state index in [1.165, 1.54) is 11.6 Å². The maximum atomic E-state index is 13.3. The number of aryl methyl sites for hydroxylation is 1. The average molecular weight is 344 g/mol. The predicted octanol–water partition coefficient (Wildman–Crippen LogP) is 5.25. The van der Waals surface area contributed by atoms with Crippen LogP contribution in [0.3, 0.4) is 0 Å². The van der Waals surface area contributed by atoms with Crippen molar-refractivity contribution >= 4 is 11.3 Å². The van der Waals surface area contributed by atoms with Gasteiger partial charge in [0.15, 0.2) is 11.6 Å². The second-order valence-corrected chi connectivity index (χ2v) is 6.64. The quantitative estimate of drug-likeness (QED) is 0.684. The molecule has 0 aliphatic heterocycles. The number of benzene rings is 2. The number of rotatable bonds is 5. The van der Waals surface area contributed by atoms with Gasteiger partial charge in [0.05, 0.1) is 5.69 Å². The van der Waals surface area contributed by atoms with E-state index in [-0.39, 0.29) is 6.04 Å². The van der Waals surface area contributed by atoms with Crippen molar-refractivity contribution in [2.24, 2.45) is 0 Å². The molecule has 0 amide bonds. The highest BCUT2D eigenvalue weighted by atomic mass is 32.1. The maximum absolute atomic E-state index is 13.3. The third-order valence-electron chi connectivity index (χ3n) is 3.88. The number of hydrogen-bond donors (Lipinski definition) is 1. The van der Waals surface area contributed by atoms with Crippen LogP contribution < -0.4 is 5.32 Å². The van der Waals surface area contributed by atoms with Gasteiger partial charge in [0, 0.05) is 23.5 Å². The van der Waals surface area contributed by atoms with Crippen LogP contribution in [0.5, 0.6) is 0 Å². The average Bonchev–Trinajstić information content (AvgIpc) is 3.05. The number of hydrogen-bond acceptors (Lipinski definition) is 3. The zero-order chi connectivity index (χ0) is 17.1. The summed E-state index contributed by atoms with van der Waals surface area (Å²) in [5.74, 6) is -1.65. The molecule has 1 heterocycles. The van der Waals surface area contributed by atoms with Gasteiger partial charge >= 0.3 is 0 Å². The van der Waals surface area contributed by atoms with Gasteiger partial charge in [0.1, 0.15) is 5.01 Å². The van der Waals surface area contributed by atoms with Gasteiger partial charge in [-0.2, -0.15) is 0 Å². The summed E-state index contributed by atoms with van der Waals surface area (Å²) >= 11 is 1.60. The lowest BCUT2D eigenvalue weighted by Crippen LogP contribution is -2.18. The van der Waals surface area contributed by atoms with Gasteiger partial charge in [-0.3, -0.25) is 0 Å². The van der Waals surface area contributed by atoms with E-state index in [9.17, 15) is 8.78 Å². The zero-order valence-electron chi connectivity index (χ0n) is 13.5. The normalized spacial score (nSPS) is 12.3. The molecule has 0 saturated heterocycles. The Kier molecular flexibility index (Phi) is 5.02.